The first kappa shape index (κ1) is 15.3. The van der Waals surface area contributed by atoms with Crippen molar-refractivity contribution in [3.63, 3.8) is 0 Å². The van der Waals surface area contributed by atoms with Crippen molar-refractivity contribution in [3.05, 3.63) is 29.8 Å². The molecule has 2 rings (SSSR count). The summed E-state index contributed by atoms with van der Waals surface area (Å²) < 4.78 is 5.20. The van der Waals surface area contributed by atoms with Crippen LogP contribution >= 0.6 is 12.4 Å². The van der Waals surface area contributed by atoms with Gasteiger partial charge in [-0.15, -0.1) is 12.4 Å². The lowest BCUT2D eigenvalue weighted by atomic mass is 9.93. The van der Waals surface area contributed by atoms with Crippen LogP contribution in [0.5, 0.6) is 5.75 Å². The van der Waals surface area contributed by atoms with Crippen molar-refractivity contribution in [1.29, 1.82) is 0 Å². The van der Waals surface area contributed by atoms with E-state index in [0.717, 1.165) is 38.0 Å². The third kappa shape index (κ3) is 4.48. The molecule has 0 amide bonds. The molecule has 0 unspecified atom stereocenters. The van der Waals surface area contributed by atoms with Gasteiger partial charge in [0.05, 0.1) is 13.2 Å². The number of methoxy groups -OCH3 is 1. The predicted molar refractivity (Wildman–Crippen MR) is 75.3 cm³/mol. The van der Waals surface area contributed by atoms with E-state index in [1.165, 1.54) is 5.56 Å². The molecule has 0 radical (unpaired) electrons. The summed E-state index contributed by atoms with van der Waals surface area (Å²) in [5.41, 5.74) is 1.25. The van der Waals surface area contributed by atoms with Crippen molar-refractivity contribution in [3.8, 4) is 5.75 Å². The van der Waals surface area contributed by atoms with Crippen LogP contribution in [-0.4, -0.2) is 24.4 Å². The van der Waals surface area contributed by atoms with E-state index < -0.39 is 0 Å². The number of nitrogens with one attached hydrogen (secondary N) is 1. The van der Waals surface area contributed by atoms with E-state index >= 15 is 0 Å². The second kappa shape index (κ2) is 7.62. The smallest absolute Gasteiger partial charge is 0.119 e. The normalized spacial score (nSPS) is 23.2. The zero-order chi connectivity index (χ0) is 12.1. The van der Waals surface area contributed by atoms with Crippen molar-refractivity contribution >= 4 is 12.4 Å². The van der Waals surface area contributed by atoms with Crippen molar-refractivity contribution in [2.45, 2.75) is 44.4 Å². The van der Waals surface area contributed by atoms with E-state index in [9.17, 15) is 5.11 Å². The molecule has 0 atom stereocenters. The highest BCUT2D eigenvalue weighted by molar-refractivity contribution is 5.85. The molecule has 3 nitrogen and oxygen atoms in total. The third-order valence-corrected chi connectivity index (χ3v) is 3.43. The fourth-order valence-electron chi connectivity index (χ4n) is 2.32. The molecule has 2 N–H and O–H groups in total. The minimum atomic E-state index is -0.0788. The van der Waals surface area contributed by atoms with Gasteiger partial charge in [-0.25, -0.2) is 0 Å². The summed E-state index contributed by atoms with van der Waals surface area (Å²) >= 11 is 0. The van der Waals surface area contributed by atoms with Crippen LogP contribution in [-0.2, 0) is 6.54 Å². The van der Waals surface area contributed by atoms with Crippen LogP contribution in [0.4, 0.5) is 0 Å². The van der Waals surface area contributed by atoms with E-state index in [0.29, 0.717) is 6.04 Å². The van der Waals surface area contributed by atoms with Gasteiger partial charge in [-0.05, 0) is 43.4 Å². The SMILES string of the molecule is COc1cccc(CNC2CCC(O)CC2)c1.Cl. The van der Waals surface area contributed by atoms with Crippen LogP contribution in [0.25, 0.3) is 0 Å². The summed E-state index contributed by atoms with van der Waals surface area (Å²) in [7, 11) is 1.69. The van der Waals surface area contributed by atoms with Gasteiger partial charge in [0.15, 0.2) is 0 Å². The lowest BCUT2D eigenvalue weighted by Crippen LogP contribution is -2.34. The van der Waals surface area contributed by atoms with Gasteiger partial charge in [-0.2, -0.15) is 0 Å². The molecular formula is C14H22ClNO2. The summed E-state index contributed by atoms with van der Waals surface area (Å²) in [5, 5.41) is 13.0. The molecule has 18 heavy (non-hydrogen) atoms. The first-order chi connectivity index (χ1) is 8.28. The van der Waals surface area contributed by atoms with Gasteiger partial charge in [-0.3, -0.25) is 0 Å². The Morgan fingerprint density at radius 1 is 1.28 bits per heavy atom. The number of hydrogen-bond acceptors (Lipinski definition) is 3. The van der Waals surface area contributed by atoms with Crippen LogP contribution in [0, 0.1) is 0 Å². The van der Waals surface area contributed by atoms with E-state index in [2.05, 4.69) is 17.4 Å². The summed E-state index contributed by atoms with van der Waals surface area (Å²) in [6, 6.07) is 8.68. The van der Waals surface area contributed by atoms with Crippen molar-refractivity contribution in [2.75, 3.05) is 7.11 Å². The first-order valence-electron chi connectivity index (χ1n) is 6.32. The molecular weight excluding hydrogens is 250 g/mol. The maximum absolute atomic E-state index is 9.44. The van der Waals surface area contributed by atoms with E-state index in [4.69, 9.17) is 4.74 Å². The third-order valence-electron chi connectivity index (χ3n) is 3.43. The molecule has 0 heterocycles. The molecule has 0 bridgehead atoms. The average molecular weight is 272 g/mol. The molecule has 1 fully saturated rings. The van der Waals surface area contributed by atoms with Crippen LogP contribution < -0.4 is 10.1 Å². The Labute approximate surface area is 115 Å². The second-order valence-corrected chi connectivity index (χ2v) is 4.74. The molecule has 0 aromatic heterocycles. The molecule has 1 aromatic carbocycles. The number of ether oxygens (including phenoxy) is 1. The van der Waals surface area contributed by atoms with Crippen LogP contribution in [0.1, 0.15) is 31.2 Å². The number of halogens is 1. The number of benzene rings is 1. The van der Waals surface area contributed by atoms with Gasteiger partial charge in [0, 0.05) is 12.6 Å². The van der Waals surface area contributed by atoms with Crippen LogP contribution in [0.15, 0.2) is 24.3 Å². The molecule has 1 aliphatic carbocycles. The van der Waals surface area contributed by atoms with Gasteiger partial charge >= 0.3 is 0 Å². The van der Waals surface area contributed by atoms with E-state index in [-0.39, 0.29) is 18.5 Å². The Bertz CT molecular complexity index is 351. The highest BCUT2D eigenvalue weighted by Crippen LogP contribution is 2.19. The zero-order valence-corrected chi connectivity index (χ0v) is 11.6. The lowest BCUT2D eigenvalue weighted by Gasteiger charge is -2.26. The van der Waals surface area contributed by atoms with Gasteiger partial charge in [0.25, 0.3) is 0 Å². The van der Waals surface area contributed by atoms with Crippen LogP contribution in [0.2, 0.25) is 0 Å². The zero-order valence-electron chi connectivity index (χ0n) is 10.8. The topological polar surface area (TPSA) is 41.5 Å². The standard InChI is InChI=1S/C14H21NO2.ClH/c1-17-14-4-2-3-11(9-14)10-15-12-5-7-13(16)8-6-12;/h2-4,9,12-13,15-16H,5-8,10H2,1H3;1H. The Hall–Kier alpha value is -0.770. The Kier molecular flexibility index (Phi) is 6.47. The second-order valence-electron chi connectivity index (χ2n) is 4.74. The molecule has 0 aliphatic heterocycles. The fourth-order valence-corrected chi connectivity index (χ4v) is 2.32. The maximum atomic E-state index is 9.44. The van der Waals surface area contributed by atoms with Gasteiger partial charge < -0.3 is 15.2 Å². The minimum Gasteiger partial charge on any atom is -0.497 e. The summed E-state index contributed by atoms with van der Waals surface area (Å²) in [6.45, 7) is 0.873. The number of aliphatic hydroxyl groups excluding tert-OH is 1. The van der Waals surface area contributed by atoms with Crippen molar-refractivity contribution < 1.29 is 9.84 Å². The maximum Gasteiger partial charge on any atom is 0.119 e. The molecule has 4 heteroatoms. The van der Waals surface area contributed by atoms with Gasteiger partial charge in [0.1, 0.15) is 5.75 Å². The number of aliphatic hydroxyl groups is 1. The Balaban J connectivity index is 0.00000162. The quantitative estimate of drug-likeness (QED) is 0.884. The number of rotatable bonds is 4. The van der Waals surface area contributed by atoms with E-state index in [1.807, 2.05) is 12.1 Å². The summed E-state index contributed by atoms with van der Waals surface area (Å²) in [6.07, 6.45) is 3.92. The minimum absolute atomic E-state index is 0. The predicted octanol–water partition coefficient (Wildman–Crippen LogP) is 2.51. The highest BCUT2D eigenvalue weighted by Gasteiger charge is 2.18. The van der Waals surface area contributed by atoms with Gasteiger partial charge in [-0.1, -0.05) is 12.1 Å². The van der Waals surface area contributed by atoms with Crippen molar-refractivity contribution in [1.82, 2.24) is 5.32 Å². The van der Waals surface area contributed by atoms with Crippen LogP contribution in [0.3, 0.4) is 0 Å². The molecule has 0 saturated heterocycles. The molecule has 102 valence electrons. The fraction of sp³-hybridized carbons (Fsp3) is 0.571. The summed E-state index contributed by atoms with van der Waals surface area (Å²) in [4.78, 5) is 0. The molecule has 1 aromatic rings. The Morgan fingerprint density at radius 3 is 2.67 bits per heavy atom. The lowest BCUT2D eigenvalue weighted by molar-refractivity contribution is 0.116. The largest absolute Gasteiger partial charge is 0.497 e. The molecule has 0 spiro atoms. The van der Waals surface area contributed by atoms with Gasteiger partial charge in [0.2, 0.25) is 0 Å². The summed E-state index contributed by atoms with van der Waals surface area (Å²) in [5.74, 6) is 0.906. The van der Waals surface area contributed by atoms with E-state index in [1.54, 1.807) is 7.11 Å². The average Bonchev–Trinajstić information content (AvgIpc) is 2.38. The molecule has 1 saturated carbocycles. The highest BCUT2D eigenvalue weighted by atomic mass is 35.5. The molecule has 1 aliphatic rings. The Morgan fingerprint density at radius 2 is 2.00 bits per heavy atom. The number of hydrogen-bond donors (Lipinski definition) is 2. The van der Waals surface area contributed by atoms with Crippen molar-refractivity contribution in [2.24, 2.45) is 0 Å². The monoisotopic (exact) mass is 271 g/mol. The first-order valence-corrected chi connectivity index (χ1v) is 6.32.